The minimum absolute atomic E-state index is 0.213. The first-order valence-corrected chi connectivity index (χ1v) is 11.3. The first-order valence-electron chi connectivity index (χ1n) is 11.3. The average molecular weight is 362 g/mol. The molecule has 1 atom stereocenters. The molecule has 0 unspecified atom stereocenters. The molecule has 2 fully saturated rings. The summed E-state index contributed by atoms with van der Waals surface area (Å²) in [5, 5.41) is 0. The van der Waals surface area contributed by atoms with Gasteiger partial charge in [-0.1, -0.05) is 77.6 Å². The third kappa shape index (κ3) is 4.61. The van der Waals surface area contributed by atoms with Gasteiger partial charge in [0.15, 0.2) is 5.96 Å². The quantitative estimate of drug-likeness (QED) is 0.660. The van der Waals surface area contributed by atoms with Crippen LogP contribution < -0.4 is 5.73 Å². The lowest BCUT2D eigenvalue weighted by atomic mass is 9.75. The fourth-order valence-corrected chi connectivity index (χ4v) is 5.40. The first kappa shape index (κ1) is 19.7. The van der Waals surface area contributed by atoms with Crippen molar-refractivity contribution in [2.75, 3.05) is 6.54 Å². The summed E-state index contributed by atoms with van der Waals surface area (Å²) in [5.41, 5.74) is 5.71. The highest BCUT2D eigenvalue weighted by atomic mass is 16.2. The smallest absolute Gasteiger partial charge is 0.257 e. The molecule has 0 aromatic heterocycles. The molecular weight excluding hydrogens is 322 g/mol. The third-order valence-electron chi connectivity index (χ3n) is 7.03. The van der Waals surface area contributed by atoms with Crippen molar-refractivity contribution in [3.8, 4) is 0 Å². The van der Waals surface area contributed by atoms with E-state index >= 15 is 0 Å². The molecule has 2 saturated carbocycles. The van der Waals surface area contributed by atoms with Gasteiger partial charge in [0.1, 0.15) is 5.54 Å². The Balaban J connectivity index is 1.71. The van der Waals surface area contributed by atoms with Crippen molar-refractivity contribution in [3.05, 3.63) is 0 Å². The molecule has 1 aliphatic heterocycles. The average Bonchev–Trinajstić information content (AvgIpc) is 2.90. The third-order valence-corrected chi connectivity index (χ3v) is 7.03. The summed E-state index contributed by atoms with van der Waals surface area (Å²) >= 11 is 0. The van der Waals surface area contributed by atoms with Crippen LogP contribution in [0.2, 0.25) is 0 Å². The highest BCUT2D eigenvalue weighted by Crippen LogP contribution is 2.40. The van der Waals surface area contributed by atoms with E-state index in [0.29, 0.717) is 11.9 Å². The van der Waals surface area contributed by atoms with Crippen LogP contribution in [0, 0.1) is 11.8 Å². The van der Waals surface area contributed by atoms with E-state index < -0.39 is 5.54 Å². The van der Waals surface area contributed by atoms with E-state index in [-0.39, 0.29) is 5.91 Å². The van der Waals surface area contributed by atoms with Gasteiger partial charge in [-0.3, -0.25) is 9.69 Å². The zero-order chi connectivity index (χ0) is 18.4. The Labute approximate surface area is 160 Å². The molecule has 2 aliphatic carbocycles. The van der Waals surface area contributed by atoms with Crippen LogP contribution in [0.4, 0.5) is 0 Å². The molecule has 0 aromatic rings. The summed E-state index contributed by atoms with van der Waals surface area (Å²) in [6, 6.07) is 0. The zero-order valence-corrected chi connectivity index (χ0v) is 16.8. The lowest BCUT2D eigenvalue weighted by Gasteiger charge is -2.33. The van der Waals surface area contributed by atoms with Gasteiger partial charge in [-0.05, 0) is 37.5 Å². The molecule has 4 nitrogen and oxygen atoms in total. The highest BCUT2D eigenvalue weighted by molar-refractivity contribution is 6.06. The Morgan fingerprint density at radius 2 is 1.65 bits per heavy atom. The van der Waals surface area contributed by atoms with E-state index in [1.54, 1.807) is 4.90 Å². The maximum Gasteiger partial charge on any atom is 0.257 e. The van der Waals surface area contributed by atoms with Gasteiger partial charge < -0.3 is 5.73 Å². The van der Waals surface area contributed by atoms with Gasteiger partial charge in [-0.2, -0.15) is 0 Å². The molecule has 3 aliphatic rings. The Hall–Kier alpha value is -1.06. The van der Waals surface area contributed by atoms with Gasteiger partial charge in [-0.15, -0.1) is 0 Å². The molecule has 148 valence electrons. The Bertz CT molecular complexity index is 492. The van der Waals surface area contributed by atoms with Gasteiger partial charge in [0.2, 0.25) is 0 Å². The Kier molecular flexibility index (Phi) is 6.99. The second kappa shape index (κ2) is 9.23. The van der Waals surface area contributed by atoms with Crippen LogP contribution >= 0.6 is 0 Å². The summed E-state index contributed by atoms with van der Waals surface area (Å²) in [6.07, 6.45) is 18.4. The number of carbonyl (C=O) groups excluding carboxylic acids is 1. The van der Waals surface area contributed by atoms with Crippen molar-refractivity contribution in [1.82, 2.24) is 4.90 Å². The highest BCUT2D eigenvalue weighted by Gasteiger charge is 2.48. The van der Waals surface area contributed by atoms with Crippen LogP contribution in [0.3, 0.4) is 0 Å². The van der Waals surface area contributed by atoms with E-state index in [4.69, 9.17) is 10.7 Å². The minimum Gasteiger partial charge on any atom is -0.369 e. The van der Waals surface area contributed by atoms with E-state index in [1.165, 1.54) is 64.2 Å². The van der Waals surface area contributed by atoms with Crippen molar-refractivity contribution < 1.29 is 4.79 Å². The molecule has 26 heavy (non-hydrogen) atoms. The molecule has 0 radical (unpaired) electrons. The molecule has 0 saturated heterocycles. The lowest BCUT2D eigenvalue weighted by molar-refractivity contribution is -0.132. The fraction of sp³-hybridized carbons (Fsp3) is 0.909. The van der Waals surface area contributed by atoms with Gasteiger partial charge in [-0.25, -0.2) is 4.99 Å². The fourth-order valence-electron chi connectivity index (χ4n) is 5.40. The number of guanidine groups is 1. The van der Waals surface area contributed by atoms with Crippen LogP contribution in [0.15, 0.2) is 4.99 Å². The number of nitrogens with two attached hydrogens (primary N) is 1. The monoisotopic (exact) mass is 361 g/mol. The van der Waals surface area contributed by atoms with Crippen molar-refractivity contribution in [3.63, 3.8) is 0 Å². The number of nitrogens with zero attached hydrogens (tertiary/aromatic N) is 2. The first-order chi connectivity index (χ1) is 12.6. The zero-order valence-electron chi connectivity index (χ0n) is 16.8. The second-order valence-corrected chi connectivity index (χ2v) is 9.06. The van der Waals surface area contributed by atoms with E-state index in [2.05, 4.69) is 6.92 Å². The van der Waals surface area contributed by atoms with Gasteiger partial charge >= 0.3 is 0 Å². The standard InChI is InChI=1S/C22H39N3O/c1-2-3-16-25-20(26)22(24-21(25)23,17-19-12-8-5-9-13-19)15-14-18-10-6-4-7-11-18/h18-19H,2-17H2,1H3,(H2,23,24)/t22-/m1/s1. The molecule has 2 N–H and O–H groups in total. The number of hydrogen-bond donors (Lipinski definition) is 1. The van der Waals surface area contributed by atoms with Crippen molar-refractivity contribution >= 4 is 11.9 Å². The normalized spacial score (nSPS) is 28.6. The van der Waals surface area contributed by atoms with Crippen molar-refractivity contribution in [2.24, 2.45) is 22.6 Å². The Morgan fingerprint density at radius 1 is 1.04 bits per heavy atom. The molecule has 0 spiro atoms. The maximum atomic E-state index is 13.4. The number of carbonyl (C=O) groups is 1. The minimum atomic E-state index is -0.544. The summed E-state index contributed by atoms with van der Waals surface area (Å²) in [5.74, 6) is 2.15. The lowest BCUT2D eigenvalue weighted by Crippen LogP contribution is -2.46. The van der Waals surface area contributed by atoms with Crippen molar-refractivity contribution in [2.45, 2.75) is 109 Å². The second-order valence-electron chi connectivity index (χ2n) is 9.06. The summed E-state index contributed by atoms with van der Waals surface area (Å²) < 4.78 is 0. The maximum absolute atomic E-state index is 13.4. The number of rotatable bonds is 8. The molecule has 1 heterocycles. The van der Waals surface area contributed by atoms with Crippen LogP contribution in [-0.4, -0.2) is 28.9 Å². The van der Waals surface area contributed by atoms with Crippen LogP contribution in [0.5, 0.6) is 0 Å². The summed E-state index contributed by atoms with van der Waals surface area (Å²) in [4.78, 5) is 20.1. The van der Waals surface area contributed by atoms with Crippen LogP contribution in [-0.2, 0) is 4.79 Å². The largest absolute Gasteiger partial charge is 0.369 e. The number of unbranched alkanes of at least 4 members (excludes halogenated alkanes) is 1. The topological polar surface area (TPSA) is 58.7 Å². The Morgan fingerprint density at radius 3 is 2.27 bits per heavy atom. The molecule has 1 amide bonds. The predicted octanol–water partition coefficient (Wildman–Crippen LogP) is 5.01. The van der Waals surface area contributed by atoms with E-state index in [0.717, 1.165) is 44.6 Å². The number of hydrogen-bond acceptors (Lipinski definition) is 3. The molecular formula is C22H39N3O. The van der Waals surface area contributed by atoms with Gasteiger partial charge in [0.25, 0.3) is 5.91 Å². The number of aliphatic imine (C=N–C) groups is 1. The summed E-state index contributed by atoms with van der Waals surface area (Å²) in [7, 11) is 0. The molecule has 3 rings (SSSR count). The molecule has 0 bridgehead atoms. The number of amides is 1. The van der Waals surface area contributed by atoms with Crippen LogP contribution in [0.25, 0.3) is 0 Å². The van der Waals surface area contributed by atoms with Gasteiger partial charge in [0, 0.05) is 6.54 Å². The van der Waals surface area contributed by atoms with Gasteiger partial charge in [0.05, 0.1) is 0 Å². The molecule has 4 heteroatoms. The van der Waals surface area contributed by atoms with E-state index in [1.807, 2.05) is 0 Å². The SMILES string of the molecule is CCCCN1C(=O)[C@@](CCC2CCCCC2)(CC2CCCCC2)N=C1N. The van der Waals surface area contributed by atoms with E-state index in [9.17, 15) is 4.79 Å². The molecule has 0 aromatic carbocycles. The predicted molar refractivity (Wildman–Crippen MR) is 108 cm³/mol. The summed E-state index contributed by atoms with van der Waals surface area (Å²) in [6.45, 7) is 2.90. The van der Waals surface area contributed by atoms with Crippen molar-refractivity contribution in [1.29, 1.82) is 0 Å². The van der Waals surface area contributed by atoms with Crippen LogP contribution in [0.1, 0.15) is 103 Å².